The van der Waals surface area contributed by atoms with E-state index in [1.807, 2.05) is 73.8 Å². The molecule has 0 saturated heterocycles. The number of pyridine rings is 2. The number of fused-ring (bicyclic) bond motifs is 2. The lowest BCUT2D eigenvalue weighted by Crippen LogP contribution is -1.99. The van der Waals surface area contributed by atoms with Crippen LogP contribution in [0.2, 0.25) is 0 Å². The molecule has 1 aliphatic rings. The molecule has 2 aromatic heterocycles. The summed E-state index contributed by atoms with van der Waals surface area (Å²) >= 11 is 0. The zero-order valence-electron chi connectivity index (χ0n) is 24.3. The van der Waals surface area contributed by atoms with Crippen LogP contribution in [-0.4, -0.2) is 30.3 Å². The van der Waals surface area contributed by atoms with Gasteiger partial charge in [-0.2, -0.15) is 0 Å². The Balaban J connectivity index is 0.000000309. The number of methoxy groups -OCH3 is 1. The van der Waals surface area contributed by atoms with E-state index < -0.39 is 0 Å². The summed E-state index contributed by atoms with van der Waals surface area (Å²) in [7, 11) is 1.73. The second-order valence-corrected chi connectivity index (χ2v) is 7.68. The van der Waals surface area contributed by atoms with Gasteiger partial charge in [0.25, 0.3) is 0 Å². The Morgan fingerprint density at radius 2 is 1.27 bits per heavy atom. The lowest BCUT2D eigenvalue weighted by Gasteiger charge is -2.12. The molecule has 0 bridgehead atoms. The molecule has 0 aliphatic carbocycles. The topological polar surface area (TPSA) is 44.2 Å². The molecule has 4 nitrogen and oxygen atoms in total. The highest BCUT2D eigenvalue weighted by atomic mass is 16.5. The van der Waals surface area contributed by atoms with Gasteiger partial charge in [0.05, 0.1) is 13.2 Å². The average molecular weight is 503 g/mol. The first-order chi connectivity index (χ1) is 18.2. The van der Waals surface area contributed by atoms with E-state index >= 15 is 0 Å². The van der Waals surface area contributed by atoms with E-state index in [4.69, 9.17) is 9.47 Å². The molecule has 37 heavy (non-hydrogen) atoms. The molecule has 4 aromatic rings. The van der Waals surface area contributed by atoms with Crippen molar-refractivity contribution in [3.8, 4) is 0 Å². The van der Waals surface area contributed by atoms with Crippen LogP contribution in [0.15, 0.2) is 73.1 Å². The van der Waals surface area contributed by atoms with Crippen molar-refractivity contribution in [3.05, 3.63) is 95.6 Å². The van der Waals surface area contributed by atoms with Gasteiger partial charge in [-0.3, -0.25) is 9.97 Å². The smallest absolute Gasteiger partial charge is 0.103 e. The fourth-order valence-corrected chi connectivity index (χ4v) is 3.97. The summed E-state index contributed by atoms with van der Waals surface area (Å²) in [5.74, 6) is 0. The van der Waals surface area contributed by atoms with Crippen LogP contribution in [0.25, 0.3) is 21.5 Å². The van der Waals surface area contributed by atoms with Gasteiger partial charge in [0, 0.05) is 47.2 Å². The fourth-order valence-electron chi connectivity index (χ4n) is 3.97. The van der Waals surface area contributed by atoms with Crippen LogP contribution in [-0.2, 0) is 15.9 Å². The summed E-state index contributed by atoms with van der Waals surface area (Å²) < 4.78 is 10.7. The maximum absolute atomic E-state index is 5.64. The van der Waals surface area contributed by atoms with E-state index in [-0.39, 0.29) is 6.10 Å². The van der Waals surface area contributed by atoms with E-state index in [2.05, 4.69) is 64.6 Å². The van der Waals surface area contributed by atoms with Gasteiger partial charge in [0.2, 0.25) is 0 Å². The molecule has 1 atom stereocenters. The summed E-state index contributed by atoms with van der Waals surface area (Å²) in [6, 6.07) is 16.7. The quantitative estimate of drug-likeness (QED) is 0.261. The monoisotopic (exact) mass is 502 g/mol. The lowest BCUT2D eigenvalue weighted by molar-refractivity contribution is 0.130. The van der Waals surface area contributed by atoms with Crippen LogP contribution in [0, 0.1) is 13.8 Å². The van der Waals surface area contributed by atoms with Gasteiger partial charge in [-0.05, 0) is 36.6 Å². The van der Waals surface area contributed by atoms with E-state index in [9.17, 15) is 0 Å². The van der Waals surface area contributed by atoms with Crippen molar-refractivity contribution in [2.75, 3.05) is 20.3 Å². The molecule has 0 fully saturated rings. The summed E-state index contributed by atoms with van der Waals surface area (Å²) in [6.45, 7) is 17.5. The summed E-state index contributed by atoms with van der Waals surface area (Å²) in [6.07, 6.45) is 9.02. The molecule has 0 spiro atoms. The van der Waals surface area contributed by atoms with Crippen molar-refractivity contribution in [1.82, 2.24) is 9.97 Å². The molecular formula is C33H46N2O2. The minimum absolute atomic E-state index is 0.0676. The SMILES string of the molecule is CC.CC.CC.COCCc1cnc(C)c2ccccc12.Cc1ncc(C2C=CCO2)c2ccccc12. The summed E-state index contributed by atoms with van der Waals surface area (Å²) in [5, 5.41) is 4.99. The number of rotatable bonds is 4. The van der Waals surface area contributed by atoms with Crippen molar-refractivity contribution in [2.45, 2.75) is 67.9 Å². The van der Waals surface area contributed by atoms with E-state index in [0.717, 1.165) is 30.0 Å². The summed E-state index contributed by atoms with van der Waals surface area (Å²) in [5.41, 5.74) is 4.58. The average Bonchev–Trinajstić information content (AvgIpc) is 3.52. The Morgan fingerprint density at radius 1 is 0.757 bits per heavy atom. The number of ether oxygens (including phenoxy) is 2. The third-order valence-electron chi connectivity index (χ3n) is 5.67. The number of nitrogens with zero attached hydrogens (tertiary/aromatic N) is 2. The third kappa shape index (κ3) is 8.77. The summed E-state index contributed by atoms with van der Waals surface area (Å²) in [4.78, 5) is 8.84. The first kappa shape index (κ1) is 31.9. The van der Waals surface area contributed by atoms with Gasteiger partial charge in [-0.1, -0.05) is 102 Å². The Kier molecular flexibility index (Phi) is 15.7. The van der Waals surface area contributed by atoms with Crippen LogP contribution in [0.3, 0.4) is 0 Å². The fraction of sp³-hybridized carbons (Fsp3) is 0.394. The van der Waals surface area contributed by atoms with Gasteiger partial charge in [0.15, 0.2) is 0 Å². The Labute approximate surface area is 224 Å². The first-order valence-corrected chi connectivity index (χ1v) is 13.6. The molecular weight excluding hydrogens is 456 g/mol. The highest BCUT2D eigenvalue weighted by molar-refractivity contribution is 5.88. The number of aromatic nitrogens is 2. The first-order valence-electron chi connectivity index (χ1n) is 13.6. The number of aryl methyl sites for hydroxylation is 2. The zero-order valence-corrected chi connectivity index (χ0v) is 24.3. The van der Waals surface area contributed by atoms with Crippen molar-refractivity contribution in [3.63, 3.8) is 0 Å². The molecule has 1 aliphatic heterocycles. The largest absolute Gasteiger partial charge is 0.384 e. The minimum Gasteiger partial charge on any atom is -0.384 e. The number of hydrogen-bond donors (Lipinski definition) is 0. The predicted molar refractivity (Wildman–Crippen MR) is 160 cm³/mol. The molecule has 200 valence electrons. The standard InChI is InChI=1S/C14H13NO.C13H15NO.3C2H6/c1-10-11-5-2-3-6-12(11)13(9-15-10)14-7-4-8-16-14;1-10-12-5-3-4-6-13(12)11(9-14-10)7-8-15-2;3*1-2/h2-7,9,14H,8H2,1H3;3-6,9H,7-8H2,1-2H3;3*1-2H3. The second-order valence-electron chi connectivity index (χ2n) is 7.68. The zero-order chi connectivity index (χ0) is 27.6. The Morgan fingerprint density at radius 3 is 1.81 bits per heavy atom. The highest BCUT2D eigenvalue weighted by Crippen LogP contribution is 2.30. The molecule has 0 radical (unpaired) electrons. The third-order valence-corrected chi connectivity index (χ3v) is 5.67. The molecule has 4 heteroatoms. The lowest BCUT2D eigenvalue weighted by atomic mass is 10.0. The van der Waals surface area contributed by atoms with Gasteiger partial charge in [-0.15, -0.1) is 0 Å². The normalized spacial score (nSPS) is 13.3. The van der Waals surface area contributed by atoms with Crippen molar-refractivity contribution in [1.29, 1.82) is 0 Å². The molecule has 1 unspecified atom stereocenters. The van der Waals surface area contributed by atoms with Crippen molar-refractivity contribution >= 4 is 21.5 Å². The van der Waals surface area contributed by atoms with Gasteiger partial charge in [0.1, 0.15) is 6.10 Å². The van der Waals surface area contributed by atoms with Crippen LogP contribution >= 0.6 is 0 Å². The van der Waals surface area contributed by atoms with Gasteiger partial charge >= 0.3 is 0 Å². The van der Waals surface area contributed by atoms with Crippen molar-refractivity contribution in [2.24, 2.45) is 0 Å². The molecule has 0 N–H and O–H groups in total. The van der Waals surface area contributed by atoms with Crippen LogP contribution in [0.1, 0.15) is 70.2 Å². The molecule has 3 heterocycles. The molecule has 0 saturated carbocycles. The number of hydrogen-bond acceptors (Lipinski definition) is 4. The van der Waals surface area contributed by atoms with Crippen molar-refractivity contribution < 1.29 is 9.47 Å². The van der Waals surface area contributed by atoms with Crippen LogP contribution < -0.4 is 0 Å². The van der Waals surface area contributed by atoms with Gasteiger partial charge < -0.3 is 9.47 Å². The van der Waals surface area contributed by atoms with Crippen LogP contribution in [0.4, 0.5) is 0 Å². The number of benzene rings is 2. The maximum Gasteiger partial charge on any atom is 0.103 e. The Hall–Kier alpha value is -3.08. The highest BCUT2D eigenvalue weighted by Gasteiger charge is 2.16. The predicted octanol–water partition coefficient (Wildman–Crippen LogP) is 8.98. The van der Waals surface area contributed by atoms with E-state index in [1.165, 1.54) is 27.1 Å². The maximum atomic E-state index is 5.64. The Bertz CT molecular complexity index is 1220. The second kappa shape index (κ2) is 18.2. The van der Waals surface area contributed by atoms with Gasteiger partial charge in [-0.25, -0.2) is 0 Å². The van der Waals surface area contributed by atoms with E-state index in [0.29, 0.717) is 6.61 Å². The van der Waals surface area contributed by atoms with E-state index in [1.54, 1.807) is 7.11 Å². The van der Waals surface area contributed by atoms with Crippen LogP contribution in [0.5, 0.6) is 0 Å². The molecule has 5 rings (SSSR count). The minimum atomic E-state index is 0.0676. The molecule has 2 aromatic carbocycles. The molecule has 0 amide bonds.